The third kappa shape index (κ3) is 4.63. The van der Waals surface area contributed by atoms with Crippen LogP contribution in [0.15, 0.2) is 18.2 Å². The molecular weight excluding hydrogens is 225 g/mol. The van der Waals surface area contributed by atoms with Gasteiger partial charge in [0.25, 0.3) is 0 Å². The van der Waals surface area contributed by atoms with E-state index in [4.69, 9.17) is 4.74 Å². The van der Waals surface area contributed by atoms with Gasteiger partial charge in [-0.25, -0.2) is 4.39 Å². The Morgan fingerprint density at radius 3 is 2.88 bits per heavy atom. The molecule has 1 amide bonds. The van der Waals surface area contributed by atoms with E-state index in [-0.39, 0.29) is 11.5 Å². The summed E-state index contributed by atoms with van der Waals surface area (Å²) in [6.07, 6.45) is 1.44. The second-order valence-electron chi connectivity index (χ2n) is 3.46. The van der Waals surface area contributed by atoms with Crippen molar-refractivity contribution in [2.45, 2.75) is 12.8 Å². The predicted molar refractivity (Wildman–Crippen MR) is 60.6 cm³/mol. The summed E-state index contributed by atoms with van der Waals surface area (Å²) in [5.74, 6) is -0.290. The van der Waals surface area contributed by atoms with Gasteiger partial charge in [0.1, 0.15) is 17.9 Å². The SMILES string of the molecule is CNC(=O)CCCOc1cc(F)cc(C=O)c1. The van der Waals surface area contributed by atoms with E-state index in [1.807, 2.05) is 0 Å². The quantitative estimate of drug-likeness (QED) is 0.605. The fourth-order valence-electron chi connectivity index (χ4n) is 1.28. The van der Waals surface area contributed by atoms with Gasteiger partial charge in [0, 0.05) is 25.1 Å². The van der Waals surface area contributed by atoms with Crippen molar-refractivity contribution in [1.29, 1.82) is 0 Å². The van der Waals surface area contributed by atoms with Crippen molar-refractivity contribution in [3.05, 3.63) is 29.6 Å². The smallest absolute Gasteiger partial charge is 0.219 e. The third-order valence-corrected chi connectivity index (χ3v) is 2.13. The minimum absolute atomic E-state index is 0.0681. The highest BCUT2D eigenvalue weighted by atomic mass is 19.1. The van der Waals surface area contributed by atoms with E-state index in [2.05, 4.69) is 5.32 Å². The minimum atomic E-state index is -0.518. The summed E-state index contributed by atoms with van der Waals surface area (Å²) in [7, 11) is 1.56. The first-order chi connectivity index (χ1) is 8.15. The largest absolute Gasteiger partial charge is 0.493 e. The van der Waals surface area contributed by atoms with Crippen molar-refractivity contribution in [3.8, 4) is 5.75 Å². The molecular formula is C12H14FNO3. The number of carbonyl (C=O) groups is 2. The first-order valence-corrected chi connectivity index (χ1v) is 5.25. The maximum atomic E-state index is 13.0. The molecule has 5 heteroatoms. The van der Waals surface area contributed by atoms with Crippen LogP contribution in [0.2, 0.25) is 0 Å². The van der Waals surface area contributed by atoms with Crippen LogP contribution < -0.4 is 10.1 Å². The number of benzene rings is 1. The molecule has 17 heavy (non-hydrogen) atoms. The zero-order chi connectivity index (χ0) is 12.7. The first-order valence-electron chi connectivity index (χ1n) is 5.25. The summed E-state index contributed by atoms with van der Waals surface area (Å²) >= 11 is 0. The second-order valence-corrected chi connectivity index (χ2v) is 3.46. The Morgan fingerprint density at radius 2 is 2.24 bits per heavy atom. The average molecular weight is 239 g/mol. The van der Waals surface area contributed by atoms with E-state index in [0.717, 1.165) is 6.07 Å². The summed E-state index contributed by atoms with van der Waals surface area (Å²) in [5, 5.41) is 2.49. The molecule has 0 radical (unpaired) electrons. The minimum Gasteiger partial charge on any atom is -0.493 e. The molecule has 1 N–H and O–H groups in total. The van der Waals surface area contributed by atoms with Gasteiger partial charge in [0.05, 0.1) is 6.61 Å². The van der Waals surface area contributed by atoms with Gasteiger partial charge in [-0.15, -0.1) is 0 Å². The van der Waals surface area contributed by atoms with Crippen molar-refractivity contribution in [3.63, 3.8) is 0 Å². The van der Waals surface area contributed by atoms with E-state index in [9.17, 15) is 14.0 Å². The molecule has 0 aliphatic carbocycles. The van der Waals surface area contributed by atoms with Crippen molar-refractivity contribution < 1.29 is 18.7 Å². The Labute approximate surface area is 98.8 Å². The fourth-order valence-corrected chi connectivity index (χ4v) is 1.28. The van der Waals surface area contributed by atoms with Gasteiger partial charge in [0.2, 0.25) is 5.91 Å². The highest BCUT2D eigenvalue weighted by Crippen LogP contribution is 2.15. The van der Waals surface area contributed by atoms with Crippen LogP contribution >= 0.6 is 0 Å². The molecule has 0 aliphatic heterocycles. The highest BCUT2D eigenvalue weighted by Gasteiger charge is 2.02. The van der Waals surface area contributed by atoms with E-state index in [1.165, 1.54) is 12.1 Å². The van der Waals surface area contributed by atoms with Gasteiger partial charge in [-0.3, -0.25) is 9.59 Å². The molecule has 0 unspecified atom stereocenters. The Bertz CT molecular complexity index is 407. The van der Waals surface area contributed by atoms with Crippen LogP contribution in [-0.2, 0) is 4.79 Å². The molecule has 0 atom stereocenters. The van der Waals surface area contributed by atoms with Crippen LogP contribution in [-0.4, -0.2) is 25.8 Å². The zero-order valence-electron chi connectivity index (χ0n) is 9.53. The van der Waals surface area contributed by atoms with E-state index in [1.54, 1.807) is 7.05 Å². The van der Waals surface area contributed by atoms with Gasteiger partial charge < -0.3 is 10.1 Å². The lowest BCUT2D eigenvalue weighted by Gasteiger charge is -2.06. The molecule has 0 aliphatic rings. The third-order valence-electron chi connectivity index (χ3n) is 2.13. The molecule has 0 saturated heterocycles. The molecule has 1 aromatic rings. The Morgan fingerprint density at radius 1 is 1.47 bits per heavy atom. The molecule has 4 nitrogen and oxygen atoms in total. The van der Waals surface area contributed by atoms with Crippen LogP contribution in [0.3, 0.4) is 0 Å². The van der Waals surface area contributed by atoms with Gasteiger partial charge in [-0.2, -0.15) is 0 Å². The summed E-state index contributed by atoms with van der Waals surface area (Å²) in [6, 6.07) is 3.78. The van der Waals surface area contributed by atoms with Crippen molar-refractivity contribution in [2.75, 3.05) is 13.7 Å². The van der Waals surface area contributed by atoms with Gasteiger partial charge in [-0.1, -0.05) is 0 Å². The number of ether oxygens (including phenoxy) is 1. The standard InChI is InChI=1S/C12H14FNO3/c1-14-12(16)3-2-4-17-11-6-9(8-15)5-10(13)7-11/h5-8H,2-4H2,1H3,(H,14,16). The number of halogens is 1. The molecule has 0 spiro atoms. The highest BCUT2D eigenvalue weighted by molar-refractivity contribution is 5.75. The molecule has 0 bridgehead atoms. The number of hydrogen-bond donors (Lipinski definition) is 1. The predicted octanol–water partition coefficient (Wildman–Crippen LogP) is 1.54. The monoisotopic (exact) mass is 239 g/mol. The van der Waals surface area contributed by atoms with Crippen LogP contribution in [0, 0.1) is 5.82 Å². The number of hydrogen-bond acceptors (Lipinski definition) is 3. The number of aldehydes is 1. The normalized spacial score (nSPS) is 9.76. The Kier molecular flexibility index (Phi) is 5.13. The number of rotatable bonds is 6. The van der Waals surface area contributed by atoms with Crippen LogP contribution in [0.25, 0.3) is 0 Å². The number of nitrogens with one attached hydrogen (secondary N) is 1. The maximum Gasteiger partial charge on any atom is 0.219 e. The number of amides is 1. The van der Waals surface area contributed by atoms with E-state index < -0.39 is 5.82 Å². The van der Waals surface area contributed by atoms with Gasteiger partial charge in [-0.05, 0) is 18.6 Å². The maximum absolute atomic E-state index is 13.0. The molecule has 0 heterocycles. The summed E-state index contributed by atoms with van der Waals surface area (Å²) < 4.78 is 18.2. The molecule has 0 aromatic heterocycles. The summed E-state index contributed by atoms with van der Waals surface area (Å²) in [6.45, 7) is 0.301. The lowest BCUT2D eigenvalue weighted by Crippen LogP contribution is -2.18. The molecule has 0 saturated carbocycles. The molecule has 1 rings (SSSR count). The molecule has 0 fully saturated rings. The molecule has 1 aromatic carbocycles. The zero-order valence-corrected chi connectivity index (χ0v) is 9.53. The van der Waals surface area contributed by atoms with Crippen LogP contribution in [0.5, 0.6) is 5.75 Å². The fraction of sp³-hybridized carbons (Fsp3) is 0.333. The topological polar surface area (TPSA) is 55.4 Å². The van der Waals surface area contributed by atoms with Gasteiger partial charge >= 0.3 is 0 Å². The van der Waals surface area contributed by atoms with Crippen molar-refractivity contribution in [1.82, 2.24) is 5.32 Å². The second kappa shape index (κ2) is 6.62. The van der Waals surface area contributed by atoms with Crippen LogP contribution in [0.1, 0.15) is 23.2 Å². The van der Waals surface area contributed by atoms with Crippen molar-refractivity contribution in [2.24, 2.45) is 0 Å². The average Bonchev–Trinajstić information content (AvgIpc) is 2.33. The van der Waals surface area contributed by atoms with Crippen molar-refractivity contribution >= 4 is 12.2 Å². The number of carbonyl (C=O) groups excluding carboxylic acids is 2. The van der Waals surface area contributed by atoms with E-state index >= 15 is 0 Å². The summed E-state index contributed by atoms with van der Waals surface area (Å²) in [5.41, 5.74) is 0.228. The Hall–Kier alpha value is -1.91. The van der Waals surface area contributed by atoms with Gasteiger partial charge in [0.15, 0.2) is 0 Å². The lowest BCUT2D eigenvalue weighted by molar-refractivity contribution is -0.120. The van der Waals surface area contributed by atoms with Crippen LogP contribution in [0.4, 0.5) is 4.39 Å². The first kappa shape index (κ1) is 13.2. The Balaban J connectivity index is 2.43. The molecule has 92 valence electrons. The lowest BCUT2D eigenvalue weighted by atomic mass is 10.2. The van der Waals surface area contributed by atoms with E-state index in [0.29, 0.717) is 31.5 Å². The summed E-state index contributed by atoms with van der Waals surface area (Å²) in [4.78, 5) is 21.4.